The van der Waals surface area contributed by atoms with Crippen LogP contribution in [0.15, 0.2) is 34.9 Å². The first kappa shape index (κ1) is 14.1. The third kappa shape index (κ3) is 3.58. The van der Waals surface area contributed by atoms with E-state index in [0.717, 1.165) is 0 Å². The van der Waals surface area contributed by atoms with E-state index in [-0.39, 0.29) is 23.8 Å². The first-order valence-corrected chi connectivity index (χ1v) is 6.20. The minimum atomic E-state index is -0.347. The standard InChI is InChI=1S/C14H17N3O3/c1-17(2)8-13-16-10(9-20-13)7-15-14(19)11-5-3-4-6-12(11)18/h3-6,9,18H,7-8H2,1-2H3,(H,15,19). The lowest BCUT2D eigenvalue weighted by Gasteiger charge is -2.05. The molecule has 0 saturated carbocycles. The zero-order chi connectivity index (χ0) is 14.5. The Balaban J connectivity index is 1.94. The molecule has 1 aromatic carbocycles. The molecule has 6 heteroatoms. The summed E-state index contributed by atoms with van der Waals surface area (Å²) in [6, 6.07) is 6.39. The summed E-state index contributed by atoms with van der Waals surface area (Å²) >= 11 is 0. The van der Waals surface area contributed by atoms with Crippen LogP contribution in [0.25, 0.3) is 0 Å². The Hall–Kier alpha value is -2.34. The molecule has 106 valence electrons. The molecule has 0 aliphatic carbocycles. The van der Waals surface area contributed by atoms with Gasteiger partial charge in [-0.1, -0.05) is 12.1 Å². The minimum absolute atomic E-state index is 0.0431. The maximum absolute atomic E-state index is 11.9. The number of phenols is 1. The molecule has 1 aromatic heterocycles. The monoisotopic (exact) mass is 275 g/mol. The van der Waals surface area contributed by atoms with Gasteiger partial charge in [0.1, 0.15) is 12.0 Å². The van der Waals surface area contributed by atoms with Crippen LogP contribution in [0.1, 0.15) is 21.9 Å². The van der Waals surface area contributed by atoms with Gasteiger partial charge in [-0.2, -0.15) is 0 Å². The van der Waals surface area contributed by atoms with Crippen LogP contribution in [0.4, 0.5) is 0 Å². The summed E-state index contributed by atoms with van der Waals surface area (Å²) in [4.78, 5) is 18.1. The molecule has 0 fully saturated rings. The minimum Gasteiger partial charge on any atom is -0.507 e. The summed E-state index contributed by atoms with van der Waals surface area (Å²) in [6.45, 7) is 0.859. The molecule has 2 aromatic rings. The maximum atomic E-state index is 11.9. The van der Waals surface area contributed by atoms with Gasteiger partial charge in [-0.15, -0.1) is 0 Å². The topological polar surface area (TPSA) is 78.6 Å². The molecule has 6 nitrogen and oxygen atoms in total. The average molecular weight is 275 g/mol. The number of nitrogens with one attached hydrogen (secondary N) is 1. The smallest absolute Gasteiger partial charge is 0.255 e. The number of phenolic OH excluding ortho intramolecular Hbond substituents is 1. The van der Waals surface area contributed by atoms with E-state index < -0.39 is 0 Å². The molecule has 0 bridgehead atoms. The highest BCUT2D eigenvalue weighted by molar-refractivity contribution is 5.96. The number of benzene rings is 1. The number of aromatic hydroxyl groups is 1. The lowest BCUT2D eigenvalue weighted by atomic mass is 10.2. The highest BCUT2D eigenvalue weighted by atomic mass is 16.3. The number of carbonyl (C=O) groups is 1. The van der Waals surface area contributed by atoms with Gasteiger partial charge < -0.3 is 19.7 Å². The quantitative estimate of drug-likeness (QED) is 0.861. The summed E-state index contributed by atoms with van der Waals surface area (Å²) in [6.07, 6.45) is 1.52. The molecular weight excluding hydrogens is 258 g/mol. The van der Waals surface area contributed by atoms with Gasteiger partial charge in [-0.25, -0.2) is 4.98 Å². The van der Waals surface area contributed by atoms with Gasteiger partial charge in [0.2, 0.25) is 5.89 Å². The van der Waals surface area contributed by atoms with E-state index in [1.54, 1.807) is 18.2 Å². The first-order chi connectivity index (χ1) is 9.56. The highest BCUT2D eigenvalue weighted by Gasteiger charge is 2.11. The third-order valence-corrected chi connectivity index (χ3v) is 2.63. The number of nitrogens with zero attached hydrogens (tertiary/aromatic N) is 2. The lowest BCUT2D eigenvalue weighted by Crippen LogP contribution is -2.23. The predicted octanol–water partition coefficient (Wildman–Crippen LogP) is 1.37. The highest BCUT2D eigenvalue weighted by Crippen LogP contribution is 2.15. The van der Waals surface area contributed by atoms with E-state index in [2.05, 4.69) is 10.3 Å². The summed E-state index contributed by atoms with van der Waals surface area (Å²) in [5.74, 6) is 0.209. The molecule has 0 aliphatic heterocycles. The molecule has 0 aliphatic rings. The molecule has 2 rings (SSSR count). The molecule has 20 heavy (non-hydrogen) atoms. The van der Waals surface area contributed by atoms with E-state index in [9.17, 15) is 9.90 Å². The van der Waals surface area contributed by atoms with Gasteiger partial charge in [0.05, 0.1) is 24.3 Å². The number of aromatic nitrogens is 1. The second-order valence-corrected chi connectivity index (χ2v) is 4.67. The Morgan fingerprint density at radius 1 is 1.40 bits per heavy atom. The fourth-order valence-electron chi connectivity index (χ4n) is 1.70. The summed E-state index contributed by atoms with van der Waals surface area (Å²) in [5.41, 5.74) is 0.884. The first-order valence-electron chi connectivity index (χ1n) is 6.20. The van der Waals surface area contributed by atoms with Crippen molar-refractivity contribution in [2.24, 2.45) is 0 Å². The lowest BCUT2D eigenvalue weighted by molar-refractivity contribution is 0.0948. The van der Waals surface area contributed by atoms with Crippen LogP contribution in [0.5, 0.6) is 5.75 Å². The largest absolute Gasteiger partial charge is 0.507 e. The fourth-order valence-corrected chi connectivity index (χ4v) is 1.70. The number of amides is 1. The van der Waals surface area contributed by atoms with E-state index in [1.807, 2.05) is 19.0 Å². The molecule has 1 heterocycles. The van der Waals surface area contributed by atoms with Gasteiger partial charge in [-0.3, -0.25) is 4.79 Å². The third-order valence-electron chi connectivity index (χ3n) is 2.63. The maximum Gasteiger partial charge on any atom is 0.255 e. The number of hydrogen-bond acceptors (Lipinski definition) is 5. The van der Waals surface area contributed by atoms with Crippen LogP contribution in [-0.4, -0.2) is 35.0 Å². The molecule has 1 amide bonds. The van der Waals surface area contributed by atoms with E-state index in [0.29, 0.717) is 18.1 Å². The molecule has 2 N–H and O–H groups in total. The molecule has 0 radical (unpaired) electrons. The van der Waals surface area contributed by atoms with Crippen molar-refractivity contribution in [1.29, 1.82) is 0 Å². The Labute approximate surface area is 117 Å². The number of carbonyl (C=O) groups excluding carboxylic acids is 1. The number of oxazole rings is 1. The zero-order valence-electron chi connectivity index (χ0n) is 11.5. The summed E-state index contributed by atoms with van der Waals surface area (Å²) in [5, 5.41) is 12.3. The predicted molar refractivity (Wildman–Crippen MR) is 73.2 cm³/mol. The van der Waals surface area contributed by atoms with Gasteiger partial charge in [0.15, 0.2) is 0 Å². The van der Waals surface area contributed by atoms with Crippen LogP contribution in [0.2, 0.25) is 0 Å². The summed E-state index contributed by atoms with van der Waals surface area (Å²) in [7, 11) is 3.84. The Bertz CT molecular complexity index is 593. The Kier molecular flexibility index (Phi) is 4.37. The van der Waals surface area contributed by atoms with Crippen molar-refractivity contribution < 1.29 is 14.3 Å². The molecule has 0 unspecified atom stereocenters. The fraction of sp³-hybridized carbons (Fsp3) is 0.286. The van der Waals surface area contributed by atoms with Gasteiger partial charge in [0.25, 0.3) is 5.91 Å². The van der Waals surface area contributed by atoms with E-state index in [1.165, 1.54) is 12.3 Å². The van der Waals surface area contributed by atoms with Crippen molar-refractivity contribution in [2.75, 3.05) is 14.1 Å². The second-order valence-electron chi connectivity index (χ2n) is 4.67. The van der Waals surface area contributed by atoms with E-state index in [4.69, 9.17) is 4.42 Å². The number of hydrogen-bond donors (Lipinski definition) is 2. The van der Waals surface area contributed by atoms with Crippen LogP contribution in [0.3, 0.4) is 0 Å². The number of para-hydroxylation sites is 1. The SMILES string of the molecule is CN(C)Cc1nc(CNC(=O)c2ccccc2O)co1. The van der Waals surface area contributed by atoms with Crippen LogP contribution >= 0.6 is 0 Å². The molecule has 0 spiro atoms. The average Bonchev–Trinajstić information content (AvgIpc) is 2.83. The van der Waals surface area contributed by atoms with Crippen molar-refractivity contribution in [3.05, 3.63) is 47.7 Å². The number of rotatable bonds is 5. The van der Waals surface area contributed by atoms with Crippen LogP contribution in [0, 0.1) is 0 Å². The Morgan fingerprint density at radius 3 is 2.85 bits per heavy atom. The van der Waals surface area contributed by atoms with Crippen LogP contribution in [-0.2, 0) is 13.1 Å². The van der Waals surface area contributed by atoms with Crippen molar-refractivity contribution in [3.8, 4) is 5.75 Å². The summed E-state index contributed by atoms with van der Waals surface area (Å²) < 4.78 is 5.28. The van der Waals surface area contributed by atoms with Crippen molar-refractivity contribution in [2.45, 2.75) is 13.1 Å². The van der Waals surface area contributed by atoms with Crippen molar-refractivity contribution in [3.63, 3.8) is 0 Å². The van der Waals surface area contributed by atoms with E-state index >= 15 is 0 Å². The molecular formula is C14H17N3O3. The normalized spacial score (nSPS) is 10.8. The molecule has 0 atom stereocenters. The second kappa shape index (κ2) is 6.21. The van der Waals surface area contributed by atoms with Gasteiger partial charge >= 0.3 is 0 Å². The van der Waals surface area contributed by atoms with Gasteiger partial charge in [0, 0.05) is 0 Å². The Morgan fingerprint density at radius 2 is 2.15 bits per heavy atom. The zero-order valence-corrected chi connectivity index (χ0v) is 11.5. The van der Waals surface area contributed by atoms with Crippen molar-refractivity contribution in [1.82, 2.24) is 15.2 Å². The molecule has 0 saturated heterocycles. The van der Waals surface area contributed by atoms with Crippen LogP contribution < -0.4 is 5.32 Å². The van der Waals surface area contributed by atoms with Crippen molar-refractivity contribution >= 4 is 5.91 Å². The van der Waals surface area contributed by atoms with Gasteiger partial charge in [-0.05, 0) is 26.2 Å².